The number of carbonyl (C=O) groups excluding carboxylic acids is 1. The number of carbonyl (C=O) groups is 2. The van der Waals surface area contributed by atoms with E-state index in [9.17, 15) is 19.8 Å². The molecule has 0 fully saturated rings. The number of ether oxygens (including phenoxy) is 2. The molecule has 0 saturated heterocycles. The van der Waals surface area contributed by atoms with Crippen molar-refractivity contribution < 1.29 is 29.3 Å². The van der Waals surface area contributed by atoms with Crippen LogP contribution in [0.2, 0.25) is 0 Å². The Morgan fingerprint density at radius 2 is 2.11 bits per heavy atom. The van der Waals surface area contributed by atoms with E-state index in [-0.39, 0.29) is 41.9 Å². The maximum Gasteiger partial charge on any atom is 0.375 e. The van der Waals surface area contributed by atoms with Crippen molar-refractivity contribution in [2.45, 2.75) is 12.5 Å². The second-order valence-corrected chi connectivity index (χ2v) is 6.00. The smallest absolute Gasteiger partial charge is 0.375 e. The highest BCUT2D eigenvalue weighted by Crippen LogP contribution is 2.48. The molecule has 6 N–H and O–H groups in total. The standard InChI is InChI=1S/C17H14N4O6/c18-17(19)20-4-3-9-13-12-8(22)2-1-6-11(12)10(5-7(21-6)15(23)24)26-14(13)16(25)27-9/h1-2,5,9,22H,3-4H2,(H,23,24)(H4,18,19,20)/t9-/m1/s1. The lowest BCUT2D eigenvalue weighted by molar-refractivity contribution is -0.141. The molecule has 0 saturated carbocycles. The number of benzene rings is 1. The number of cyclic esters (lactones) is 1. The molecule has 0 bridgehead atoms. The van der Waals surface area contributed by atoms with E-state index >= 15 is 0 Å². The highest BCUT2D eigenvalue weighted by Gasteiger charge is 2.42. The first-order valence-corrected chi connectivity index (χ1v) is 7.95. The Hall–Kier alpha value is -3.82. The minimum absolute atomic E-state index is 0.0888. The molecule has 10 nitrogen and oxygen atoms in total. The molecule has 2 aliphatic rings. The fourth-order valence-corrected chi connectivity index (χ4v) is 3.24. The summed E-state index contributed by atoms with van der Waals surface area (Å²) in [4.78, 5) is 31.5. The number of carboxylic acids is 1. The van der Waals surface area contributed by atoms with E-state index in [0.29, 0.717) is 22.0 Å². The first kappa shape index (κ1) is 16.6. The van der Waals surface area contributed by atoms with Gasteiger partial charge in [0, 0.05) is 24.6 Å². The zero-order valence-electron chi connectivity index (χ0n) is 13.8. The molecule has 1 aromatic carbocycles. The van der Waals surface area contributed by atoms with Crippen LogP contribution in [0, 0.1) is 0 Å². The third-order valence-corrected chi connectivity index (χ3v) is 4.30. The molecule has 1 atom stereocenters. The van der Waals surface area contributed by atoms with Crippen molar-refractivity contribution in [1.29, 1.82) is 0 Å². The average Bonchev–Trinajstić information content (AvgIpc) is 2.92. The summed E-state index contributed by atoms with van der Waals surface area (Å²) < 4.78 is 11.0. The van der Waals surface area contributed by atoms with Gasteiger partial charge in [0.25, 0.3) is 0 Å². The number of hydrogen-bond acceptors (Lipinski definition) is 7. The topological polar surface area (TPSA) is 170 Å². The van der Waals surface area contributed by atoms with Gasteiger partial charge >= 0.3 is 11.9 Å². The van der Waals surface area contributed by atoms with E-state index in [0.717, 1.165) is 0 Å². The number of hydrogen-bond donors (Lipinski definition) is 4. The Morgan fingerprint density at radius 3 is 2.81 bits per heavy atom. The van der Waals surface area contributed by atoms with Gasteiger partial charge in [0.2, 0.25) is 5.76 Å². The van der Waals surface area contributed by atoms with E-state index < -0.39 is 18.0 Å². The maximum atomic E-state index is 12.3. The molecule has 0 spiro atoms. The van der Waals surface area contributed by atoms with E-state index in [2.05, 4.69) is 9.98 Å². The summed E-state index contributed by atoms with van der Waals surface area (Å²) in [5.74, 6) is -2.12. The van der Waals surface area contributed by atoms with Gasteiger partial charge < -0.3 is 31.2 Å². The van der Waals surface area contributed by atoms with Crippen molar-refractivity contribution in [2.24, 2.45) is 16.5 Å². The highest BCUT2D eigenvalue weighted by molar-refractivity contribution is 6.11. The molecule has 0 amide bonds. The van der Waals surface area contributed by atoms with Gasteiger partial charge in [0.15, 0.2) is 11.7 Å². The molecule has 0 radical (unpaired) electrons. The zero-order valence-corrected chi connectivity index (χ0v) is 13.8. The van der Waals surface area contributed by atoms with E-state index in [4.69, 9.17) is 20.9 Å². The molecular formula is C17H14N4O6. The number of phenolic OH excluding ortho intramolecular Hbond substituents is 1. The number of rotatable bonds is 4. The van der Waals surface area contributed by atoms with Crippen LogP contribution >= 0.6 is 0 Å². The van der Waals surface area contributed by atoms with E-state index in [1.54, 1.807) is 0 Å². The predicted octanol–water partition coefficient (Wildman–Crippen LogP) is 0.331. The van der Waals surface area contributed by atoms with Crippen molar-refractivity contribution in [3.05, 3.63) is 35.2 Å². The van der Waals surface area contributed by atoms with Crippen molar-refractivity contribution in [2.75, 3.05) is 6.54 Å². The Bertz CT molecular complexity index is 1070. The summed E-state index contributed by atoms with van der Waals surface area (Å²) >= 11 is 0. The summed E-state index contributed by atoms with van der Waals surface area (Å²) in [6, 6.07) is 4.06. The molecular weight excluding hydrogens is 356 g/mol. The number of aromatic nitrogens is 1. The SMILES string of the molecule is NC(N)=NCC[C@H]1OC(=O)C2=C1c1c(O)ccc3nc(C(=O)O)cc(c13)O2. The fraction of sp³-hybridized carbons (Fsp3) is 0.176. The average molecular weight is 370 g/mol. The van der Waals surface area contributed by atoms with Crippen LogP contribution in [0.5, 0.6) is 11.5 Å². The molecule has 0 unspecified atom stereocenters. The lowest BCUT2D eigenvalue weighted by Crippen LogP contribution is -2.23. The zero-order chi connectivity index (χ0) is 19.3. The number of nitrogens with two attached hydrogens (primary N) is 2. The van der Waals surface area contributed by atoms with Crippen LogP contribution in [0.15, 0.2) is 29.0 Å². The maximum absolute atomic E-state index is 12.3. The van der Waals surface area contributed by atoms with Gasteiger partial charge in [-0.25, -0.2) is 14.6 Å². The van der Waals surface area contributed by atoms with Crippen molar-refractivity contribution in [3.63, 3.8) is 0 Å². The van der Waals surface area contributed by atoms with Crippen LogP contribution in [0.1, 0.15) is 22.5 Å². The Balaban J connectivity index is 1.88. The van der Waals surface area contributed by atoms with Gasteiger partial charge in [-0.1, -0.05) is 0 Å². The number of nitrogens with zero attached hydrogens (tertiary/aromatic N) is 2. The molecule has 27 heavy (non-hydrogen) atoms. The van der Waals surface area contributed by atoms with Gasteiger partial charge in [0.05, 0.1) is 16.5 Å². The van der Waals surface area contributed by atoms with Crippen LogP contribution in [0.25, 0.3) is 16.5 Å². The second kappa shape index (κ2) is 5.87. The van der Waals surface area contributed by atoms with Gasteiger partial charge in [-0.3, -0.25) is 4.99 Å². The first-order valence-electron chi connectivity index (χ1n) is 7.95. The number of phenols is 1. The highest BCUT2D eigenvalue weighted by atomic mass is 16.6. The number of aromatic hydroxyl groups is 1. The van der Waals surface area contributed by atoms with Crippen LogP contribution in [0.4, 0.5) is 0 Å². The number of aromatic carboxylic acids is 1. The summed E-state index contributed by atoms with van der Waals surface area (Å²) in [7, 11) is 0. The van der Waals surface area contributed by atoms with E-state index in [1.807, 2.05) is 0 Å². The summed E-state index contributed by atoms with van der Waals surface area (Å²) in [5.41, 5.74) is 11.4. The normalized spacial score (nSPS) is 17.3. The lowest BCUT2D eigenvalue weighted by atomic mass is 9.91. The van der Waals surface area contributed by atoms with Crippen molar-refractivity contribution in [3.8, 4) is 11.5 Å². The molecule has 10 heteroatoms. The van der Waals surface area contributed by atoms with Crippen molar-refractivity contribution in [1.82, 2.24) is 4.98 Å². The number of guanidine groups is 1. The van der Waals surface area contributed by atoms with Gasteiger partial charge in [0.1, 0.15) is 17.6 Å². The largest absolute Gasteiger partial charge is 0.507 e. The molecule has 3 heterocycles. The van der Waals surface area contributed by atoms with Gasteiger partial charge in [-0.15, -0.1) is 0 Å². The summed E-state index contributed by atoms with van der Waals surface area (Å²) in [6.45, 7) is 0.205. The molecule has 0 aliphatic carbocycles. The Labute approximate surface area is 151 Å². The lowest BCUT2D eigenvalue weighted by Gasteiger charge is -2.21. The first-order chi connectivity index (χ1) is 12.9. The van der Waals surface area contributed by atoms with E-state index in [1.165, 1.54) is 18.2 Å². The number of aliphatic imine (C=N–C) groups is 1. The molecule has 2 aromatic rings. The van der Waals surface area contributed by atoms with Gasteiger partial charge in [-0.2, -0.15) is 0 Å². The number of esters is 1. The third kappa shape index (κ3) is 2.58. The minimum atomic E-state index is -1.24. The molecule has 4 rings (SSSR count). The molecule has 138 valence electrons. The van der Waals surface area contributed by atoms with Crippen LogP contribution < -0.4 is 16.2 Å². The molecule has 1 aromatic heterocycles. The number of pyridine rings is 1. The fourth-order valence-electron chi connectivity index (χ4n) is 3.24. The number of fused-ring (bicyclic) bond motifs is 1. The van der Waals surface area contributed by atoms with Crippen LogP contribution in [-0.4, -0.2) is 45.7 Å². The summed E-state index contributed by atoms with van der Waals surface area (Å²) in [5, 5.41) is 20.1. The predicted molar refractivity (Wildman–Crippen MR) is 93.1 cm³/mol. The second-order valence-electron chi connectivity index (χ2n) is 6.00. The van der Waals surface area contributed by atoms with Gasteiger partial charge in [-0.05, 0) is 12.1 Å². The molecule has 2 aliphatic heterocycles. The van der Waals surface area contributed by atoms with Crippen LogP contribution in [0.3, 0.4) is 0 Å². The Morgan fingerprint density at radius 1 is 1.33 bits per heavy atom. The van der Waals surface area contributed by atoms with Crippen LogP contribution in [-0.2, 0) is 9.53 Å². The minimum Gasteiger partial charge on any atom is -0.507 e. The monoisotopic (exact) mass is 370 g/mol. The number of carboxylic acid groups (broad SMARTS) is 1. The third-order valence-electron chi connectivity index (χ3n) is 4.30. The quantitative estimate of drug-likeness (QED) is 0.336. The summed E-state index contributed by atoms with van der Waals surface area (Å²) in [6.07, 6.45) is -0.447. The van der Waals surface area contributed by atoms with Crippen molar-refractivity contribution >= 4 is 34.4 Å². The Kier molecular flexibility index (Phi) is 3.62.